The summed E-state index contributed by atoms with van der Waals surface area (Å²) in [6, 6.07) is 8.15. The molecule has 0 spiro atoms. The third kappa shape index (κ3) is 2.72. The van der Waals surface area contributed by atoms with Crippen molar-refractivity contribution in [2.75, 3.05) is 6.61 Å². The summed E-state index contributed by atoms with van der Waals surface area (Å²) in [5.74, 6) is 0.943. The molecule has 0 unspecified atom stereocenters. The highest BCUT2D eigenvalue weighted by molar-refractivity contribution is 5.30. The molecule has 1 aromatic rings. The fourth-order valence-corrected chi connectivity index (χ4v) is 1.50. The van der Waals surface area contributed by atoms with Crippen LogP contribution in [0.2, 0.25) is 0 Å². The third-order valence-corrected chi connectivity index (χ3v) is 3.07. The molecule has 0 heterocycles. The highest BCUT2D eigenvalue weighted by atomic mass is 16.5. The van der Waals surface area contributed by atoms with Gasteiger partial charge in [0, 0.05) is 11.5 Å². The number of ether oxygens (including phenoxy) is 1. The fraction of sp³-hybridized carbons (Fsp3) is 0.538. The summed E-state index contributed by atoms with van der Waals surface area (Å²) >= 11 is 0. The first-order valence-corrected chi connectivity index (χ1v) is 5.57. The minimum Gasteiger partial charge on any atom is -0.493 e. The average molecular weight is 205 g/mol. The van der Waals surface area contributed by atoms with Crippen molar-refractivity contribution in [2.45, 2.75) is 32.7 Å². The molecule has 1 aromatic carbocycles. The molecule has 2 heteroatoms. The van der Waals surface area contributed by atoms with Crippen LogP contribution in [0, 0.1) is 5.41 Å². The minimum absolute atomic E-state index is 0.0741. The Bertz CT molecular complexity index is 342. The molecule has 1 aliphatic carbocycles. The summed E-state index contributed by atoms with van der Waals surface area (Å²) < 4.78 is 5.77. The summed E-state index contributed by atoms with van der Waals surface area (Å²) in [5, 5.41) is 0. The van der Waals surface area contributed by atoms with Crippen LogP contribution in [0.3, 0.4) is 0 Å². The first kappa shape index (κ1) is 10.5. The second-order valence-electron chi connectivity index (χ2n) is 4.96. The van der Waals surface area contributed by atoms with E-state index in [0.717, 1.165) is 17.9 Å². The lowest BCUT2D eigenvalue weighted by molar-refractivity contribution is 0.247. The maximum Gasteiger partial charge on any atom is 0.119 e. The van der Waals surface area contributed by atoms with Crippen molar-refractivity contribution in [3.8, 4) is 5.75 Å². The first-order valence-electron chi connectivity index (χ1n) is 5.57. The van der Waals surface area contributed by atoms with E-state index in [1.807, 2.05) is 31.2 Å². The van der Waals surface area contributed by atoms with Crippen molar-refractivity contribution in [3.05, 3.63) is 29.8 Å². The van der Waals surface area contributed by atoms with Gasteiger partial charge in [-0.1, -0.05) is 19.1 Å². The molecule has 2 nitrogen and oxygen atoms in total. The second kappa shape index (κ2) is 3.86. The molecule has 0 radical (unpaired) electrons. The van der Waals surface area contributed by atoms with Crippen LogP contribution in [0.1, 0.15) is 38.3 Å². The van der Waals surface area contributed by atoms with E-state index in [9.17, 15) is 0 Å². The van der Waals surface area contributed by atoms with Gasteiger partial charge < -0.3 is 10.5 Å². The van der Waals surface area contributed by atoms with E-state index in [4.69, 9.17) is 10.5 Å². The van der Waals surface area contributed by atoms with Crippen LogP contribution in [0.25, 0.3) is 0 Å². The Morgan fingerprint density at radius 2 is 2.20 bits per heavy atom. The van der Waals surface area contributed by atoms with E-state index in [-0.39, 0.29) is 6.04 Å². The molecule has 1 fully saturated rings. The van der Waals surface area contributed by atoms with Crippen LogP contribution in [-0.4, -0.2) is 6.61 Å². The van der Waals surface area contributed by atoms with Crippen molar-refractivity contribution in [2.24, 2.45) is 11.1 Å². The van der Waals surface area contributed by atoms with Gasteiger partial charge in [0.15, 0.2) is 0 Å². The van der Waals surface area contributed by atoms with E-state index >= 15 is 0 Å². The van der Waals surface area contributed by atoms with E-state index in [2.05, 4.69) is 6.92 Å². The lowest BCUT2D eigenvalue weighted by atomic mass is 10.1. The molecule has 2 N–H and O–H groups in total. The summed E-state index contributed by atoms with van der Waals surface area (Å²) in [5.41, 5.74) is 7.39. The first-order chi connectivity index (χ1) is 7.09. The van der Waals surface area contributed by atoms with Crippen LogP contribution < -0.4 is 10.5 Å². The van der Waals surface area contributed by atoms with Gasteiger partial charge >= 0.3 is 0 Å². The van der Waals surface area contributed by atoms with Gasteiger partial charge in [-0.3, -0.25) is 0 Å². The number of nitrogens with two attached hydrogens (primary N) is 1. The minimum atomic E-state index is 0.0741. The number of hydrogen-bond acceptors (Lipinski definition) is 2. The molecule has 1 atom stereocenters. The molecule has 2 rings (SSSR count). The molecule has 1 saturated carbocycles. The van der Waals surface area contributed by atoms with Gasteiger partial charge in [0.2, 0.25) is 0 Å². The Balaban J connectivity index is 1.98. The van der Waals surface area contributed by atoms with Gasteiger partial charge in [-0.25, -0.2) is 0 Å². The van der Waals surface area contributed by atoms with Crippen LogP contribution in [0.15, 0.2) is 24.3 Å². The van der Waals surface area contributed by atoms with Crippen molar-refractivity contribution >= 4 is 0 Å². The molecule has 0 saturated heterocycles. The summed E-state index contributed by atoms with van der Waals surface area (Å²) in [7, 11) is 0. The summed E-state index contributed by atoms with van der Waals surface area (Å²) in [4.78, 5) is 0. The maximum atomic E-state index is 5.82. The summed E-state index contributed by atoms with van der Waals surface area (Å²) in [6.45, 7) is 5.08. The molecular formula is C13H19NO. The smallest absolute Gasteiger partial charge is 0.119 e. The van der Waals surface area contributed by atoms with Gasteiger partial charge in [-0.15, -0.1) is 0 Å². The average Bonchev–Trinajstić information content (AvgIpc) is 2.95. The predicted molar refractivity (Wildman–Crippen MR) is 61.9 cm³/mol. The lowest BCUT2D eigenvalue weighted by Crippen LogP contribution is -2.09. The Kier molecular flexibility index (Phi) is 2.70. The SMILES string of the molecule is C[C@@H](N)c1cccc(OCC2(C)CC2)c1. The van der Waals surface area contributed by atoms with Crippen molar-refractivity contribution in [1.82, 2.24) is 0 Å². The molecule has 1 aliphatic rings. The Hall–Kier alpha value is -1.02. The zero-order valence-electron chi connectivity index (χ0n) is 9.49. The zero-order valence-corrected chi connectivity index (χ0v) is 9.49. The highest BCUT2D eigenvalue weighted by Crippen LogP contribution is 2.45. The predicted octanol–water partition coefficient (Wildman–Crippen LogP) is 2.89. The largest absolute Gasteiger partial charge is 0.493 e. The van der Waals surface area contributed by atoms with Gasteiger partial charge in [-0.2, -0.15) is 0 Å². The van der Waals surface area contributed by atoms with E-state index in [1.54, 1.807) is 0 Å². The van der Waals surface area contributed by atoms with Gasteiger partial charge in [0.1, 0.15) is 5.75 Å². The number of benzene rings is 1. The van der Waals surface area contributed by atoms with E-state index < -0.39 is 0 Å². The zero-order chi connectivity index (χ0) is 10.9. The quantitative estimate of drug-likeness (QED) is 0.820. The molecule has 82 valence electrons. The molecule has 15 heavy (non-hydrogen) atoms. The highest BCUT2D eigenvalue weighted by Gasteiger charge is 2.38. The molecule has 0 amide bonds. The second-order valence-corrected chi connectivity index (χ2v) is 4.96. The van der Waals surface area contributed by atoms with Crippen molar-refractivity contribution in [1.29, 1.82) is 0 Å². The monoisotopic (exact) mass is 205 g/mol. The van der Waals surface area contributed by atoms with Gasteiger partial charge in [0.25, 0.3) is 0 Å². The van der Waals surface area contributed by atoms with Gasteiger partial charge in [-0.05, 0) is 37.5 Å². The van der Waals surface area contributed by atoms with Crippen molar-refractivity contribution in [3.63, 3.8) is 0 Å². The fourth-order valence-electron chi connectivity index (χ4n) is 1.50. The maximum absolute atomic E-state index is 5.82. The van der Waals surface area contributed by atoms with Crippen molar-refractivity contribution < 1.29 is 4.74 Å². The molecular weight excluding hydrogens is 186 g/mol. The molecule has 0 bridgehead atoms. The van der Waals surface area contributed by atoms with Crippen LogP contribution in [0.4, 0.5) is 0 Å². The number of rotatable bonds is 4. The Morgan fingerprint density at radius 1 is 1.47 bits per heavy atom. The van der Waals surface area contributed by atoms with Crippen LogP contribution in [-0.2, 0) is 0 Å². The summed E-state index contributed by atoms with van der Waals surface area (Å²) in [6.07, 6.45) is 2.58. The van der Waals surface area contributed by atoms with E-state index in [1.165, 1.54) is 12.8 Å². The van der Waals surface area contributed by atoms with Crippen LogP contribution >= 0.6 is 0 Å². The standard InChI is InChI=1S/C13H19NO/c1-10(14)11-4-3-5-12(8-11)15-9-13(2)6-7-13/h3-5,8,10H,6-7,9,14H2,1-2H3/t10-/m1/s1. The van der Waals surface area contributed by atoms with E-state index in [0.29, 0.717) is 5.41 Å². The third-order valence-electron chi connectivity index (χ3n) is 3.07. The Labute approximate surface area is 91.4 Å². The molecule has 0 aromatic heterocycles. The topological polar surface area (TPSA) is 35.2 Å². The number of hydrogen-bond donors (Lipinski definition) is 1. The Morgan fingerprint density at radius 3 is 2.80 bits per heavy atom. The van der Waals surface area contributed by atoms with Crippen LogP contribution in [0.5, 0.6) is 5.75 Å². The molecule has 0 aliphatic heterocycles. The van der Waals surface area contributed by atoms with Gasteiger partial charge in [0.05, 0.1) is 6.61 Å². The lowest BCUT2D eigenvalue weighted by Gasteiger charge is -2.12. The normalized spacial score (nSPS) is 19.7.